The highest BCUT2D eigenvalue weighted by molar-refractivity contribution is 6.76. The van der Waals surface area contributed by atoms with Gasteiger partial charge in [0.25, 0.3) is 0 Å². The molecule has 0 saturated heterocycles. The molecule has 0 radical (unpaired) electrons. The Morgan fingerprint density at radius 2 is 1.73 bits per heavy atom. The number of carbonyl (C=O) groups excluding carboxylic acids is 2. The fourth-order valence-corrected chi connectivity index (χ4v) is 2.09. The van der Waals surface area contributed by atoms with Crippen LogP contribution in [-0.4, -0.2) is 49.5 Å². The second-order valence-corrected chi connectivity index (χ2v) is 12.9. The molecular formula is C14H27NO6Si. The quantitative estimate of drug-likeness (QED) is 0.547. The van der Waals surface area contributed by atoms with Crippen molar-refractivity contribution in [1.29, 1.82) is 0 Å². The summed E-state index contributed by atoms with van der Waals surface area (Å²) in [4.78, 5) is 34.4. The first-order chi connectivity index (χ1) is 9.80. The minimum atomic E-state index is -1.36. The van der Waals surface area contributed by atoms with Gasteiger partial charge in [-0.3, -0.25) is 4.79 Å². The Balaban J connectivity index is 4.59. The summed E-state index contributed by atoms with van der Waals surface area (Å²) in [6.45, 7) is 11.6. The Kier molecular flexibility index (Phi) is 7.58. The number of aliphatic carboxylic acids is 1. The van der Waals surface area contributed by atoms with Gasteiger partial charge in [-0.1, -0.05) is 19.6 Å². The van der Waals surface area contributed by atoms with Crippen molar-refractivity contribution in [3.63, 3.8) is 0 Å². The van der Waals surface area contributed by atoms with Crippen molar-refractivity contribution < 1.29 is 29.0 Å². The zero-order chi connectivity index (χ0) is 17.6. The van der Waals surface area contributed by atoms with Gasteiger partial charge in [0, 0.05) is 8.07 Å². The molecule has 0 rings (SSSR count). The monoisotopic (exact) mass is 333 g/mol. The van der Waals surface area contributed by atoms with E-state index in [-0.39, 0.29) is 6.61 Å². The van der Waals surface area contributed by atoms with Gasteiger partial charge >= 0.3 is 18.0 Å². The normalized spacial score (nSPS) is 13.2. The molecule has 8 heteroatoms. The molecule has 128 valence electrons. The van der Waals surface area contributed by atoms with Gasteiger partial charge in [0.2, 0.25) is 0 Å². The molecule has 0 heterocycles. The van der Waals surface area contributed by atoms with Gasteiger partial charge in [-0.25, -0.2) is 9.59 Å². The van der Waals surface area contributed by atoms with E-state index in [0.29, 0.717) is 0 Å². The van der Waals surface area contributed by atoms with Crippen molar-refractivity contribution in [2.75, 3.05) is 6.61 Å². The lowest BCUT2D eigenvalue weighted by Crippen LogP contribution is -2.45. The van der Waals surface area contributed by atoms with Gasteiger partial charge < -0.3 is 19.9 Å². The first-order valence-corrected chi connectivity index (χ1v) is 10.9. The molecule has 0 aromatic carbocycles. The number of ether oxygens (including phenoxy) is 2. The van der Waals surface area contributed by atoms with Crippen LogP contribution in [0.15, 0.2) is 0 Å². The van der Waals surface area contributed by atoms with Crippen LogP contribution in [0.25, 0.3) is 0 Å². The van der Waals surface area contributed by atoms with Crippen molar-refractivity contribution in [3.05, 3.63) is 0 Å². The summed E-state index contributed by atoms with van der Waals surface area (Å²) in [6, 6.07) is -0.487. The topological polar surface area (TPSA) is 102 Å². The Morgan fingerprint density at radius 3 is 2.14 bits per heavy atom. The fourth-order valence-electron chi connectivity index (χ4n) is 1.38. The van der Waals surface area contributed by atoms with E-state index in [1.807, 2.05) is 0 Å². The number of carboxylic acid groups (broad SMARTS) is 1. The number of rotatable bonds is 7. The largest absolute Gasteiger partial charge is 0.481 e. The minimum Gasteiger partial charge on any atom is -0.481 e. The van der Waals surface area contributed by atoms with Crippen LogP contribution < -0.4 is 5.32 Å². The molecule has 7 nitrogen and oxygen atoms in total. The number of hydrogen-bond acceptors (Lipinski definition) is 5. The second-order valence-electron chi connectivity index (χ2n) is 7.27. The molecule has 1 atom stereocenters. The standard InChI is InChI=1S/C14H27NO6Si/c1-14(2,3)21-13(19)15-10(9-11(16)17)12(18)20-7-8-22(4,5)6/h10H,7-9H2,1-6H3,(H,15,19)(H,16,17)/t10-/m0/s1. The summed E-state index contributed by atoms with van der Waals surface area (Å²) in [5.74, 6) is -1.96. The molecule has 0 aromatic rings. The van der Waals surface area contributed by atoms with E-state index in [1.165, 1.54) is 0 Å². The van der Waals surface area contributed by atoms with Crippen LogP contribution in [0.5, 0.6) is 0 Å². The number of alkyl carbamates (subject to hydrolysis) is 1. The van der Waals surface area contributed by atoms with Crippen molar-refractivity contribution >= 4 is 26.1 Å². The van der Waals surface area contributed by atoms with Gasteiger partial charge in [-0.2, -0.15) is 0 Å². The van der Waals surface area contributed by atoms with Crippen LogP contribution in [0.4, 0.5) is 4.79 Å². The van der Waals surface area contributed by atoms with Gasteiger partial charge in [-0.05, 0) is 26.8 Å². The molecule has 0 aliphatic heterocycles. The smallest absolute Gasteiger partial charge is 0.408 e. The molecule has 0 unspecified atom stereocenters. The predicted molar refractivity (Wildman–Crippen MR) is 84.5 cm³/mol. The minimum absolute atomic E-state index is 0.223. The molecule has 0 bridgehead atoms. The van der Waals surface area contributed by atoms with E-state index < -0.39 is 44.2 Å². The van der Waals surface area contributed by atoms with Crippen LogP contribution in [0, 0.1) is 0 Å². The number of carboxylic acids is 1. The predicted octanol–water partition coefficient (Wildman–Crippen LogP) is 2.24. The highest BCUT2D eigenvalue weighted by Crippen LogP contribution is 2.10. The first-order valence-electron chi connectivity index (χ1n) is 7.18. The van der Waals surface area contributed by atoms with Crippen LogP contribution in [0.2, 0.25) is 25.7 Å². The van der Waals surface area contributed by atoms with Gasteiger partial charge in [0.15, 0.2) is 0 Å². The average Bonchev–Trinajstić information content (AvgIpc) is 2.22. The lowest BCUT2D eigenvalue weighted by atomic mass is 10.2. The van der Waals surface area contributed by atoms with Crippen molar-refractivity contribution in [3.8, 4) is 0 Å². The summed E-state index contributed by atoms with van der Waals surface area (Å²) >= 11 is 0. The highest BCUT2D eigenvalue weighted by atomic mass is 28.3. The van der Waals surface area contributed by atoms with Crippen molar-refractivity contribution in [2.24, 2.45) is 0 Å². The number of esters is 1. The highest BCUT2D eigenvalue weighted by Gasteiger charge is 2.28. The number of nitrogens with one attached hydrogen (secondary N) is 1. The van der Waals surface area contributed by atoms with Crippen LogP contribution in [0.1, 0.15) is 27.2 Å². The third kappa shape index (κ3) is 11.1. The van der Waals surface area contributed by atoms with Gasteiger partial charge in [0.05, 0.1) is 13.0 Å². The number of amides is 1. The van der Waals surface area contributed by atoms with E-state index in [4.69, 9.17) is 14.6 Å². The van der Waals surface area contributed by atoms with Gasteiger partial charge in [0.1, 0.15) is 11.6 Å². The fraction of sp³-hybridized carbons (Fsp3) is 0.786. The Morgan fingerprint density at radius 1 is 1.18 bits per heavy atom. The van der Waals surface area contributed by atoms with Crippen LogP contribution >= 0.6 is 0 Å². The van der Waals surface area contributed by atoms with Crippen LogP contribution in [-0.2, 0) is 19.1 Å². The summed E-state index contributed by atoms with van der Waals surface area (Å²) in [5, 5.41) is 11.1. The maximum atomic E-state index is 11.9. The SMILES string of the molecule is CC(C)(C)OC(=O)N[C@@H](CC(=O)O)C(=O)OCC[Si](C)(C)C. The Labute approximate surface area is 132 Å². The van der Waals surface area contributed by atoms with E-state index in [2.05, 4.69) is 25.0 Å². The third-order valence-corrected chi connectivity index (χ3v) is 4.15. The number of carbonyl (C=O) groups is 3. The molecule has 22 heavy (non-hydrogen) atoms. The van der Waals surface area contributed by atoms with E-state index in [0.717, 1.165) is 6.04 Å². The Hall–Kier alpha value is -1.57. The van der Waals surface area contributed by atoms with E-state index in [9.17, 15) is 14.4 Å². The summed E-state index contributed by atoms with van der Waals surface area (Å²) in [7, 11) is -1.36. The maximum Gasteiger partial charge on any atom is 0.408 e. The third-order valence-electron chi connectivity index (χ3n) is 2.45. The van der Waals surface area contributed by atoms with Gasteiger partial charge in [-0.15, -0.1) is 0 Å². The molecule has 2 N–H and O–H groups in total. The lowest BCUT2D eigenvalue weighted by molar-refractivity contribution is -0.150. The molecule has 0 aliphatic rings. The number of hydrogen-bond donors (Lipinski definition) is 2. The maximum absolute atomic E-state index is 11.9. The van der Waals surface area contributed by atoms with Crippen LogP contribution in [0.3, 0.4) is 0 Å². The first kappa shape index (κ1) is 20.4. The van der Waals surface area contributed by atoms with Crippen molar-refractivity contribution in [1.82, 2.24) is 5.32 Å². The molecular weight excluding hydrogens is 306 g/mol. The van der Waals surface area contributed by atoms with E-state index >= 15 is 0 Å². The summed E-state index contributed by atoms with van der Waals surface area (Å²) in [5.41, 5.74) is -0.737. The molecule has 0 fully saturated rings. The molecule has 0 saturated carbocycles. The second kappa shape index (κ2) is 8.16. The average molecular weight is 333 g/mol. The molecule has 0 spiro atoms. The molecule has 0 aromatic heterocycles. The summed E-state index contributed by atoms with van der Waals surface area (Å²) in [6.07, 6.45) is -1.40. The van der Waals surface area contributed by atoms with E-state index in [1.54, 1.807) is 20.8 Å². The Bertz CT molecular complexity index is 411. The lowest BCUT2D eigenvalue weighted by Gasteiger charge is -2.22. The summed E-state index contributed by atoms with van der Waals surface area (Å²) < 4.78 is 10.1. The molecule has 1 amide bonds. The zero-order valence-corrected chi connectivity index (χ0v) is 15.2. The zero-order valence-electron chi connectivity index (χ0n) is 14.2. The van der Waals surface area contributed by atoms with Crippen molar-refractivity contribution in [2.45, 2.75) is 64.5 Å². The molecule has 0 aliphatic carbocycles.